The lowest BCUT2D eigenvalue weighted by Gasteiger charge is -2.29. The summed E-state index contributed by atoms with van der Waals surface area (Å²) in [6, 6.07) is 7.76. The van der Waals surface area contributed by atoms with E-state index in [9.17, 15) is 13.2 Å². The van der Waals surface area contributed by atoms with Crippen LogP contribution >= 0.6 is 15.9 Å². The SMILES string of the molecule is Cc1nn(CCC(=O)NCc2ccc(Br)cc2)c(C)c1S(=O)(=O)N1CCC(C)CC1. The molecule has 1 aliphatic rings. The molecule has 0 radical (unpaired) electrons. The normalized spacial score (nSPS) is 16.0. The number of halogens is 1. The van der Waals surface area contributed by atoms with Crippen molar-refractivity contribution in [2.45, 2.75) is 58.0 Å². The molecule has 7 nitrogen and oxygen atoms in total. The first-order valence-corrected chi connectivity index (χ1v) is 12.5. The van der Waals surface area contributed by atoms with E-state index in [0.717, 1.165) is 22.9 Å². The van der Waals surface area contributed by atoms with Crippen molar-refractivity contribution in [1.29, 1.82) is 0 Å². The second-order valence-electron chi connectivity index (χ2n) is 7.96. The maximum absolute atomic E-state index is 13.2. The van der Waals surface area contributed by atoms with E-state index in [-0.39, 0.29) is 17.2 Å². The number of hydrogen-bond acceptors (Lipinski definition) is 4. The molecule has 0 unspecified atom stereocenters. The topological polar surface area (TPSA) is 84.3 Å². The van der Waals surface area contributed by atoms with Gasteiger partial charge < -0.3 is 5.32 Å². The molecular weight excluding hydrogens is 468 g/mol. The van der Waals surface area contributed by atoms with Crippen LogP contribution in [0, 0.1) is 19.8 Å². The van der Waals surface area contributed by atoms with E-state index in [1.165, 1.54) is 0 Å². The highest BCUT2D eigenvalue weighted by molar-refractivity contribution is 9.10. The fraction of sp³-hybridized carbons (Fsp3) is 0.524. The molecule has 0 saturated carbocycles. The quantitative estimate of drug-likeness (QED) is 0.636. The number of carbonyl (C=O) groups excluding carboxylic acids is 1. The zero-order chi connectivity index (χ0) is 21.9. The highest BCUT2D eigenvalue weighted by Gasteiger charge is 2.32. The molecule has 0 aliphatic carbocycles. The van der Waals surface area contributed by atoms with Crippen LogP contribution in [0.5, 0.6) is 0 Å². The molecule has 1 saturated heterocycles. The van der Waals surface area contributed by atoms with E-state index < -0.39 is 10.0 Å². The van der Waals surface area contributed by atoms with Gasteiger partial charge in [0.05, 0.1) is 17.9 Å². The molecule has 9 heteroatoms. The summed E-state index contributed by atoms with van der Waals surface area (Å²) in [6.07, 6.45) is 1.99. The molecule has 1 aromatic carbocycles. The third kappa shape index (κ3) is 5.31. The number of aryl methyl sites for hydroxylation is 2. The number of amides is 1. The molecule has 0 bridgehead atoms. The van der Waals surface area contributed by atoms with E-state index >= 15 is 0 Å². The summed E-state index contributed by atoms with van der Waals surface area (Å²) in [7, 11) is -3.57. The number of rotatable bonds is 7. The Morgan fingerprint density at radius 3 is 2.47 bits per heavy atom. The summed E-state index contributed by atoms with van der Waals surface area (Å²) < 4.78 is 30.5. The Bertz CT molecular complexity index is 994. The number of hydrogen-bond donors (Lipinski definition) is 1. The Kier molecular flexibility index (Phi) is 7.36. The lowest BCUT2D eigenvalue weighted by Crippen LogP contribution is -2.38. The van der Waals surface area contributed by atoms with Gasteiger partial charge in [-0.3, -0.25) is 9.48 Å². The first-order valence-electron chi connectivity index (χ1n) is 10.2. The summed E-state index contributed by atoms with van der Waals surface area (Å²) in [4.78, 5) is 12.5. The Labute approximate surface area is 187 Å². The Hall–Kier alpha value is -1.71. The van der Waals surface area contributed by atoms with Crippen LogP contribution in [0.2, 0.25) is 0 Å². The number of aromatic nitrogens is 2. The van der Waals surface area contributed by atoms with Crippen LogP contribution in [-0.4, -0.2) is 41.5 Å². The summed E-state index contributed by atoms with van der Waals surface area (Å²) in [5.41, 5.74) is 2.09. The smallest absolute Gasteiger partial charge is 0.246 e. The second-order valence-corrected chi connectivity index (χ2v) is 10.8. The fourth-order valence-electron chi connectivity index (χ4n) is 3.72. The summed E-state index contributed by atoms with van der Waals surface area (Å²) >= 11 is 3.39. The standard InChI is InChI=1S/C21H29BrN4O3S/c1-15-8-11-25(12-9-15)30(28,29)21-16(2)24-26(17(21)3)13-10-20(27)23-14-18-4-6-19(22)7-5-18/h4-7,15H,8-14H2,1-3H3,(H,23,27). The number of nitrogens with one attached hydrogen (secondary N) is 1. The highest BCUT2D eigenvalue weighted by atomic mass is 79.9. The van der Waals surface area contributed by atoms with Crippen LogP contribution in [-0.2, 0) is 27.9 Å². The van der Waals surface area contributed by atoms with Gasteiger partial charge in [-0.1, -0.05) is 35.0 Å². The average Bonchev–Trinajstić information content (AvgIpc) is 3.00. The first kappa shape index (κ1) is 23.0. The van der Waals surface area contributed by atoms with Crippen LogP contribution in [0.4, 0.5) is 0 Å². The van der Waals surface area contributed by atoms with Gasteiger partial charge in [-0.2, -0.15) is 9.40 Å². The van der Waals surface area contributed by atoms with Crippen molar-refractivity contribution < 1.29 is 13.2 Å². The van der Waals surface area contributed by atoms with Gasteiger partial charge in [0, 0.05) is 30.5 Å². The van der Waals surface area contributed by atoms with E-state index in [4.69, 9.17) is 0 Å². The van der Waals surface area contributed by atoms with Gasteiger partial charge in [0.2, 0.25) is 15.9 Å². The zero-order valence-electron chi connectivity index (χ0n) is 17.7. The van der Waals surface area contributed by atoms with Crippen LogP contribution in [0.15, 0.2) is 33.6 Å². The van der Waals surface area contributed by atoms with Crippen molar-refractivity contribution in [3.05, 3.63) is 45.7 Å². The lowest BCUT2D eigenvalue weighted by atomic mass is 10.0. The predicted octanol–water partition coefficient (Wildman–Crippen LogP) is 3.39. The molecular formula is C21H29BrN4O3S. The van der Waals surface area contributed by atoms with E-state index in [1.54, 1.807) is 22.8 Å². The summed E-state index contributed by atoms with van der Waals surface area (Å²) in [5, 5.41) is 7.31. The average molecular weight is 497 g/mol. The molecule has 1 fully saturated rings. The molecule has 30 heavy (non-hydrogen) atoms. The van der Waals surface area contributed by atoms with Gasteiger partial charge in [-0.15, -0.1) is 0 Å². The van der Waals surface area contributed by atoms with Gasteiger partial charge in [0.25, 0.3) is 0 Å². The van der Waals surface area contributed by atoms with Crippen LogP contribution in [0.1, 0.15) is 43.1 Å². The zero-order valence-corrected chi connectivity index (χ0v) is 20.1. The Morgan fingerprint density at radius 1 is 1.20 bits per heavy atom. The number of carbonyl (C=O) groups is 1. The van der Waals surface area contributed by atoms with Gasteiger partial charge in [0.15, 0.2) is 0 Å². The molecule has 0 atom stereocenters. The summed E-state index contributed by atoms with van der Waals surface area (Å²) in [6.45, 7) is 7.52. The lowest BCUT2D eigenvalue weighted by molar-refractivity contribution is -0.121. The van der Waals surface area contributed by atoms with Crippen LogP contribution < -0.4 is 5.32 Å². The van der Waals surface area contributed by atoms with E-state index in [1.807, 2.05) is 24.3 Å². The van der Waals surface area contributed by atoms with Gasteiger partial charge in [-0.25, -0.2) is 8.42 Å². The van der Waals surface area contributed by atoms with Gasteiger partial charge in [-0.05, 0) is 50.3 Å². The third-order valence-corrected chi connectivity index (χ3v) is 8.29. The number of nitrogens with zero attached hydrogens (tertiary/aromatic N) is 3. The Balaban J connectivity index is 1.62. The Morgan fingerprint density at radius 2 is 1.83 bits per heavy atom. The van der Waals surface area contributed by atoms with Crippen molar-refractivity contribution >= 4 is 31.9 Å². The van der Waals surface area contributed by atoms with Gasteiger partial charge >= 0.3 is 0 Å². The maximum atomic E-state index is 13.2. The molecule has 164 valence electrons. The first-order chi connectivity index (χ1) is 14.2. The van der Waals surface area contributed by atoms with Crippen molar-refractivity contribution in [2.75, 3.05) is 13.1 Å². The molecule has 0 spiro atoms. The molecule has 1 aliphatic heterocycles. The molecule has 2 heterocycles. The van der Waals surface area contributed by atoms with E-state index in [0.29, 0.717) is 43.5 Å². The van der Waals surface area contributed by atoms with Crippen molar-refractivity contribution in [2.24, 2.45) is 5.92 Å². The molecule has 3 rings (SSSR count). The van der Waals surface area contributed by atoms with Crippen LogP contribution in [0.25, 0.3) is 0 Å². The maximum Gasteiger partial charge on any atom is 0.246 e. The van der Waals surface area contributed by atoms with Crippen molar-refractivity contribution in [3.8, 4) is 0 Å². The minimum Gasteiger partial charge on any atom is -0.352 e. The second kappa shape index (κ2) is 9.62. The van der Waals surface area contributed by atoms with Crippen LogP contribution in [0.3, 0.4) is 0 Å². The minimum atomic E-state index is -3.57. The fourth-order valence-corrected chi connectivity index (χ4v) is 5.83. The molecule has 2 aromatic rings. The molecule has 1 aromatic heterocycles. The molecule has 1 N–H and O–H groups in total. The molecule has 1 amide bonds. The largest absolute Gasteiger partial charge is 0.352 e. The van der Waals surface area contributed by atoms with Crippen molar-refractivity contribution in [3.63, 3.8) is 0 Å². The number of benzene rings is 1. The van der Waals surface area contributed by atoms with Crippen molar-refractivity contribution in [1.82, 2.24) is 19.4 Å². The predicted molar refractivity (Wildman–Crippen MR) is 119 cm³/mol. The van der Waals surface area contributed by atoms with E-state index in [2.05, 4.69) is 33.3 Å². The monoisotopic (exact) mass is 496 g/mol. The summed E-state index contributed by atoms with van der Waals surface area (Å²) in [5.74, 6) is 0.456. The van der Waals surface area contributed by atoms with Gasteiger partial charge in [0.1, 0.15) is 4.90 Å². The number of sulfonamides is 1. The third-order valence-electron chi connectivity index (χ3n) is 5.61. The minimum absolute atomic E-state index is 0.0973. The number of piperidine rings is 1. The highest BCUT2D eigenvalue weighted by Crippen LogP contribution is 2.27.